The molecule has 1 saturated heterocycles. The van der Waals surface area contributed by atoms with Crippen LogP contribution in [0.15, 0.2) is 23.1 Å². The fraction of sp³-hybridized carbons (Fsp3) is 0.462. The van der Waals surface area contributed by atoms with E-state index < -0.39 is 10.0 Å². The van der Waals surface area contributed by atoms with Crippen molar-refractivity contribution in [3.8, 4) is 0 Å². The monoisotopic (exact) mass is 401 g/mol. The largest absolute Gasteiger partial charge is 0.340 e. The van der Waals surface area contributed by atoms with Crippen LogP contribution in [-0.4, -0.2) is 56.3 Å². The van der Waals surface area contributed by atoms with E-state index in [1.807, 2.05) is 0 Å². The molecule has 6 nitrogen and oxygen atoms in total. The zero-order valence-electron chi connectivity index (χ0n) is 12.2. The molecule has 0 unspecified atom stereocenters. The standard InChI is InChI=1S/C13H17Cl2N3O3S.ClH/c14-10-1-2-11(15)12(9-10)22(20,21)18-7-5-17(6-8-18)13(19)3-4-16;/h1-2,9H,3-8,16H2;1H. The first kappa shape index (κ1) is 20.5. The van der Waals surface area contributed by atoms with Gasteiger partial charge >= 0.3 is 0 Å². The Kier molecular flexibility index (Phi) is 7.57. The summed E-state index contributed by atoms with van der Waals surface area (Å²) in [6.45, 7) is 1.42. The Morgan fingerprint density at radius 2 is 1.78 bits per heavy atom. The summed E-state index contributed by atoms with van der Waals surface area (Å²) in [5.74, 6) is -0.0552. The Labute approximate surface area is 152 Å². The van der Waals surface area contributed by atoms with Crippen molar-refractivity contribution >= 4 is 51.5 Å². The molecule has 1 heterocycles. The maximum Gasteiger partial charge on any atom is 0.244 e. The summed E-state index contributed by atoms with van der Waals surface area (Å²) in [5, 5.41) is 0.436. The van der Waals surface area contributed by atoms with Gasteiger partial charge in [-0.15, -0.1) is 12.4 Å². The lowest BCUT2D eigenvalue weighted by atomic mass is 10.3. The van der Waals surface area contributed by atoms with Gasteiger partial charge in [-0.05, 0) is 18.2 Å². The van der Waals surface area contributed by atoms with Gasteiger partial charge < -0.3 is 10.6 Å². The molecule has 0 bridgehead atoms. The molecule has 1 aromatic carbocycles. The number of piperazine rings is 1. The molecule has 0 atom stereocenters. The lowest BCUT2D eigenvalue weighted by molar-refractivity contribution is -0.132. The van der Waals surface area contributed by atoms with Crippen molar-refractivity contribution in [2.45, 2.75) is 11.3 Å². The average molecular weight is 403 g/mol. The van der Waals surface area contributed by atoms with Gasteiger partial charge in [0, 0.05) is 44.2 Å². The predicted octanol–water partition coefficient (Wildman–Crippen LogP) is 1.60. The van der Waals surface area contributed by atoms with Crippen LogP contribution in [0.3, 0.4) is 0 Å². The second-order valence-corrected chi connectivity index (χ2v) is 7.65. The zero-order valence-corrected chi connectivity index (χ0v) is 15.4. The number of benzene rings is 1. The van der Waals surface area contributed by atoms with Crippen LogP contribution < -0.4 is 5.73 Å². The van der Waals surface area contributed by atoms with Gasteiger partial charge in [-0.1, -0.05) is 23.2 Å². The number of halogens is 3. The zero-order chi connectivity index (χ0) is 16.3. The summed E-state index contributed by atoms with van der Waals surface area (Å²) in [4.78, 5) is 13.4. The molecule has 0 spiro atoms. The predicted molar refractivity (Wildman–Crippen MR) is 92.7 cm³/mol. The normalized spacial score (nSPS) is 16.0. The van der Waals surface area contributed by atoms with Crippen LogP contribution in [0.2, 0.25) is 10.0 Å². The van der Waals surface area contributed by atoms with Gasteiger partial charge in [0.2, 0.25) is 15.9 Å². The first-order valence-corrected chi connectivity index (χ1v) is 8.99. The fourth-order valence-electron chi connectivity index (χ4n) is 2.27. The smallest absolute Gasteiger partial charge is 0.244 e. The molecule has 0 radical (unpaired) electrons. The van der Waals surface area contributed by atoms with Crippen molar-refractivity contribution in [2.75, 3.05) is 32.7 Å². The maximum absolute atomic E-state index is 12.6. The van der Waals surface area contributed by atoms with Crippen molar-refractivity contribution in [3.63, 3.8) is 0 Å². The number of carbonyl (C=O) groups excluding carboxylic acids is 1. The minimum atomic E-state index is -3.72. The highest BCUT2D eigenvalue weighted by Crippen LogP contribution is 2.28. The van der Waals surface area contributed by atoms with Crippen LogP contribution >= 0.6 is 35.6 Å². The number of nitrogens with zero attached hydrogens (tertiary/aromatic N) is 2. The van der Waals surface area contributed by atoms with Gasteiger partial charge in [-0.2, -0.15) is 4.31 Å². The summed E-state index contributed by atoms with van der Waals surface area (Å²) in [7, 11) is -3.72. The van der Waals surface area contributed by atoms with E-state index in [4.69, 9.17) is 28.9 Å². The number of amides is 1. The third-order valence-electron chi connectivity index (χ3n) is 3.46. The van der Waals surface area contributed by atoms with Crippen LogP contribution in [-0.2, 0) is 14.8 Å². The topological polar surface area (TPSA) is 83.7 Å². The number of nitrogens with two attached hydrogens (primary N) is 1. The van der Waals surface area contributed by atoms with E-state index in [0.717, 1.165) is 0 Å². The van der Waals surface area contributed by atoms with Gasteiger partial charge in [0.05, 0.1) is 5.02 Å². The van der Waals surface area contributed by atoms with E-state index in [-0.39, 0.29) is 54.3 Å². The average Bonchev–Trinajstić information content (AvgIpc) is 2.50. The Morgan fingerprint density at radius 3 is 2.35 bits per heavy atom. The Morgan fingerprint density at radius 1 is 1.17 bits per heavy atom. The number of sulfonamides is 1. The first-order chi connectivity index (χ1) is 10.4. The van der Waals surface area contributed by atoms with Gasteiger partial charge in [-0.3, -0.25) is 4.79 Å². The molecule has 0 aromatic heterocycles. The number of carbonyl (C=O) groups is 1. The molecular weight excluding hydrogens is 385 g/mol. The lowest BCUT2D eigenvalue weighted by Gasteiger charge is -2.34. The SMILES string of the molecule is Cl.NCCC(=O)N1CCN(S(=O)(=O)c2cc(Cl)ccc2Cl)CC1. The van der Waals surface area contributed by atoms with Gasteiger partial charge in [0.1, 0.15) is 4.90 Å². The van der Waals surface area contributed by atoms with Crippen LogP contribution in [0.25, 0.3) is 0 Å². The molecule has 1 aliphatic rings. The van der Waals surface area contributed by atoms with Crippen LogP contribution in [0, 0.1) is 0 Å². The highest BCUT2D eigenvalue weighted by atomic mass is 35.5. The maximum atomic E-state index is 12.6. The first-order valence-electron chi connectivity index (χ1n) is 6.79. The lowest BCUT2D eigenvalue weighted by Crippen LogP contribution is -2.50. The number of hydrogen-bond acceptors (Lipinski definition) is 4. The van der Waals surface area contributed by atoms with Crippen molar-refractivity contribution in [3.05, 3.63) is 28.2 Å². The molecule has 10 heteroatoms. The molecule has 1 fully saturated rings. The van der Waals surface area contributed by atoms with Crippen LogP contribution in [0.1, 0.15) is 6.42 Å². The van der Waals surface area contributed by atoms with Crippen molar-refractivity contribution in [1.82, 2.24) is 9.21 Å². The second-order valence-electron chi connectivity index (χ2n) is 4.90. The van der Waals surface area contributed by atoms with Gasteiger partial charge in [-0.25, -0.2) is 8.42 Å². The summed E-state index contributed by atoms with van der Waals surface area (Å²) in [6.07, 6.45) is 0.271. The van der Waals surface area contributed by atoms with Crippen LogP contribution in [0.4, 0.5) is 0 Å². The molecule has 2 N–H and O–H groups in total. The minimum absolute atomic E-state index is 0. The van der Waals surface area contributed by atoms with Crippen molar-refractivity contribution < 1.29 is 13.2 Å². The molecule has 130 valence electrons. The molecular formula is C13H18Cl3N3O3S. The quantitative estimate of drug-likeness (QED) is 0.829. The number of rotatable bonds is 4. The summed E-state index contributed by atoms with van der Waals surface area (Å²) in [6, 6.07) is 4.33. The highest BCUT2D eigenvalue weighted by Gasteiger charge is 2.31. The second kappa shape index (κ2) is 8.50. The fourth-order valence-corrected chi connectivity index (χ4v) is 4.43. The molecule has 1 aliphatic heterocycles. The van der Waals surface area contributed by atoms with E-state index >= 15 is 0 Å². The molecule has 1 amide bonds. The van der Waals surface area contributed by atoms with Gasteiger partial charge in [0.15, 0.2) is 0 Å². The van der Waals surface area contributed by atoms with Crippen molar-refractivity contribution in [1.29, 1.82) is 0 Å². The number of hydrogen-bond donors (Lipinski definition) is 1. The summed E-state index contributed by atoms with van der Waals surface area (Å²) < 4.78 is 26.6. The highest BCUT2D eigenvalue weighted by molar-refractivity contribution is 7.89. The molecule has 1 aromatic rings. The molecule has 23 heavy (non-hydrogen) atoms. The minimum Gasteiger partial charge on any atom is -0.340 e. The van der Waals surface area contributed by atoms with E-state index in [0.29, 0.717) is 18.1 Å². The third kappa shape index (κ3) is 4.71. The molecule has 0 aliphatic carbocycles. The molecule has 2 rings (SSSR count). The summed E-state index contributed by atoms with van der Waals surface area (Å²) in [5.41, 5.74) is 5.36. The van der Waals surface area contributed by atoms with E-state index in [1.54, 1.807) is 4.90 Å². The van der Waals surface area contributed by atoms with Gasteiger partial charge in [0.25, 0.3) is 0 Å². The van der Waals surface area contributed by atoms with E-state index in [2.05, 4.69) is 0 Å². The summed E-state index contributed by atoms with van der Waals surface area (Å²) >= 11 is 11.8. The Balaban J connectivity index is 0.00000264. The Bertz CT molecular complexity index is 662. The molecule has 0 saturated carbocycles. The van der Waals surface area contributed by atoms with E-state index in [1.165, 1.54) is 22.5 Å². The van der Waals surface area contributed by atoms with E-state index in [9.17, 15) is 13.2 Å². The van der Waals surface area contributed by atoms with Crippen LogP contribution in [0.5, 0.6) is 0 Å². The third-order valence-corrected chi connectivity index (χ3v) is 6.08. The Hall–Kier alpha value is -0.570. The van der Waals surface area contributed by atoms with Crippen molar-refractivity contribution in [2.24, 2.45) is 5.73 Å².